The Bertz CT molecular complexity index is 1430. The number of hydrogen-bond donors (Lipinski definition) is 2. The predicted octanol–water partition coefficient (Wildman–Crippen LogP) is 5.01. The van der Waals surface area contributed by atoms with Crippen LogP contribution < -0.4 is 9.86 Å². The number of pyridine rings is 1. The fraction of sp³-hybridized carbons (Fsp3) is 0.357. The Morgan fingerprint density at radius 1 is 1.11 bits per heavy atom. The second-order valence-electron chi connectivity index (χ2n) is 10.2. The summed E-state index contributed by atoms with van der Waals surface area (Å²) in [4.78, 5) is 24.1. The Hall–Kier alpha value is -2.94. The van der Waals surface area contributed by atoms with Crippen LogP contribution in [0.15, 0.2) is 41.3 Å². The van der Waals surface area contributed by atoms with E-state index >= 15 is 0 Å². The summed E-state index contributed by atoms with van der Waals surface area (Å²) in [7, 11) is 0.335. The van der Waals surface area contributed by atoms with Gasteiger partial charge in [-0.3, -0.25) is 13.9 Å². The van der Waals surface area contributed by atoms with Gasteiger partial charge in [-0.05, 0) is 80.1 Å². The Balaban J connectivity index is 0.000000695. The molecule has 0 saturated carbocycles. The van der Waals surface area contributed by atoms with E-state index in [-0.39, 0.29) is 12.0 Å². The average Bonchev–Trinajstić information content (AvgIpc) is 2.76. The monoisotopic (exact) mass is 544 g/mol. The van der Waals surface area contributed by atoms with Crippen LogP contribution in [-0.2, 0) is 35.8 Å². The summed E-state index contributed by atoms with van der Waals surface area (Å²) in [5, 5.41) is 18.8. The first-order chi connectivity index (χ1) is 17.1. The van der Waals surface area contributed by atoms with Gasteiger partial charge in [0.2, 0.25) is 0 Å². The number of aliphatic carboxylic acids is 1. The number of aromatic nitrogens is 1. The first-order valence-corrected chi connectivity index (χ1v) is 13.7. The highest BCUT2D eigenvalue weighted by Gasteiger charge is 2.32. The largest absolute Gasteiger partial charge is 0.481 e. The van der Waals surface area contributed by atoms with Crippen molar-refractivity contribution in [3.8, 4) is 22.3 Å². The highest BCUT2D eigenvalue weighted by Crippen LogP contribution is 2.48. The molecule has 3 aromatic rings. The van der Waals surface area contributed by atoms with E-state index in [4.69, 9.17) is 16.7 Å². The van der Waals surface area contributed by atoms with E-state index in [0.29, 0.717) is 17.1 Å². The summed E-state index contributed by atoms with van der Waals surface area (Å²) in [6.07, 6.45) is 3.23. The second-order valence-corrected chi connectivity index (χ2v) is 11.9. The van der Waals surface area contributed by atoms with Crippen LogP contribution >= 0.6 is 11.6 Å². The number of nitrogens with zero attached hydrogens (tertiary/aromatic N) is 2. The number of carbonyl (C=O) groups is 1. The number of aryl methyl sites for hydroxylation is 1. The molecule has 0 fully saturated rings. The molecular formula is C28H33ClN2O5S. The van der Waals surface area contributed by atoms with Gasteiger partial charge in [-0.25, -0.2) is 4.21 Å². The van der Waals surface area contributed by atoms with Crippen molar-refractivity contribution in [1.82, 2.24) is 4.57 Å². The third-order valence-electron chi connectivity index (χ3n) is 6.01. The van der Waals surface area contributed by atoms with E-state index in [1.807, 2.05) is 26.0 Å². The molecule has 1 unspecified atom stereocenters. The normalized spacial score (nSPS) is 13.3. The second kappa shape index (κ2) is 10.8. The molecule has 7 nitrogen and oxygen atoms in total. The minimum atomic E-state index is -1.37. The summed E-state index contributed by atoms with van der Waals surface area (Å²) >= 11 is 6.10. The maximum absolute atomic E-state index is 12.7. The van der Waals surface area contributed by atoms with Gasteiger partial charge in [-0.2, -0.15) is 0 Å². The maximum atomic E-state index is 12.7. The number of carboxylic acid groups (broad SMARTS) is 1. The van der Waals surface area contributed by atoms with Gasteiger partial charge in [0.05, 0.1) is 24.3 Å². The van der Waals surface area contributed by atoms with E-state index in [9.17, 15) is 18.9 Å². The zero-order valence-electron chi connectivity index (χ0n) is 22.2. The molecule has 1 aliphatic heterocycles. The van der Waals surface area contributed by atoms with E-state index in [1.165, 1.54) is 4.57 Å². The fourth-order valence-electron chi connectivity index (χ4n) is 4.55. The summed E-state index contributed by atoms with van der Waals surface area (Å²) in [5.74, 6) is -0.939. The van der Waals surface area contributed by atoms with Crippen LogP contribution in [-0.4, -0.2) is 36.8 Å². The molecular weight excluding hydrogens is 512 g/mol. The molecule has 1 aliphatic rings. The fourth-order valence-corrected chi connectivity index (χ4v) is 5.48. The number of fused-ring (bicyclic) bond motifs is 3. The number of carboxylic acids is 1. The Kier molecular flexibility index (Phi) is 8.37. The number of hydrogen-bond acceptors (Lipinski definition) is 4. The lowest BCUT2D eigenvalue weighted by Crippen LogP contribution is -2.31. The molecule has 0 amide bonds. The summed E-state index contributed by atoms with van der Waals surface area (Å²) < 4.78 is 16.0. The van der Waals surface area contributed by atoms with Crippen molar-refractivity contribution < 1.29 is 19.2 Å². The van der Waals surface area contributed by atoms with Crippen molar-refractivity contribution in [2.75, 3.05) is 10.6 Å². The highest BCUT2D eigenvalue weighted by molar-refractivity contribution is 7.85. The predicted molar refractivity (Wildman–Crippen MR) is 151 cm³/mol. The highest BCUT2D eigenvalue weighted by atomic mass is 35.5. The van der Waals surface area contributed by atoms with E-state index in [1.54, 1.807) is 62.8 Å². The van der Waals surface area contributed by atoms with Crippen LogP contribution in [0.2, 0.25) is 5.02 Å². The Labute approximate surface area is 224 Å². The number of benzene rings is 2. The zero-order valence-corrected chi connectivity index (χ0v) is 23.8. The third kappa shape index (κ3) is 6.32. The molecule has 0 aliphatic carbocycles. The topological polar surface area (TPSA) is 99.8 Å². The molecule has 37 heavy (non-hydrogen) atoms. The lowest BCUT2D eigenvalue weighted by Gasteiger charge is -2.35. The van der Waals surface area contributed by atoms with Crippen molar-refractivity contribution in [3.63, 3.8) is 0 Å². The molecule has 0 spiro atoms. The molecule has 0 radical (unpaired) electrons. The number of aliphatic hydroxyl groups is 1. The van der Waals surface area contributed by atoms with Gasteiger partial charge >= 0.3 is 5.97 Å². The number of rotatable bonds is 4. The van der Waals surface area contributed by atoms with Crippen molar-refractivity contribution >= 4 is 34.2 Å². The van der Waals surface area contributed by atoms with Gasteiger partial charge in [0, 0.05) is 41.7 Å². The van der Waals surface area contributed by atoms with Gasteiger partial charge in [0.15, 0.2) is 0 Å². The lowest BCUT2D eigenvalue weighted by atomic mass is 9.81. The van der Waals surface area contributed by atoms with Crippen molar-refractivity contribution in [1.29, 1.82) is 0 Å². The maximum Gasteiger partial charge on any atom is 0.307 e. The third-order valence-corrected chi connectivity index (χ3v) is 7.20. The first-order valence-electron chi connectivity index (χ1n) is 11.8. The average molecular weight is 545 g/mol. The molecule has 9 heteroatoms. The van der Waals surface area contributed by atoms with E-state index < -0.39 is 22.6 Å². The standard InChI is InChI=1S/C24H23ClN2O4S.C4H10O/c1-13-18(10-21(29)30)22(15-5-7-17(25)8-6-15)14(2)23-19-12-26(3)20(28)9-16(19)11-27(24(13)23)32(4)31;1-4(2,3)5/h5-9,12H,10-11H2,1-4H3,(H,29,30);5H,1-3H3. The lowest BCUT2D eigenvalue weighted by molar-refractivity contribution is -0.136. The van der Waals surface area contributed by atoms with Crippen molar-refractivity contribution in [2.24, 2.45) is 7.05 Å². The minimum Gasteiger partial charge on any atom is -0.481 e. The molecule has 1 aromatic heterocycles. The zero-order chi connectivity index (χ0) is 27.8. The van der Waals surface area contributed by atoms with Gasteiger partial charge < -0.3 is 14.8 Å². The van der Waals surface area contributed by atoms with Crippen LogP contribution in [0.25, 0.3) is 22.3 Å². The molecule has 2 aromatic carbocycles. The molecule has 2 heterocycles. The molecule has 0 saturated heterocycles. The number of halogens is 1. The van der Waals surface area contributed by atoms with Gasteiger partial charge in [0.1, 0.15) is 11.0 Å². The summed E-state index contributed by atoms with van der Waals surface area (Å²) in [5.41, 5.74) is 6.68. The minimum absolute atomic E-state index is 0.135. The Morgan fingerprint density at radius 3 is 2.19 bits per heavy atom. The Morgan fingerprint density at radius 2 is 1.68 bits per heavy atom. The van der Waals surface area contributed by atoms with Crippen LogP contribution in [0.3, 0.4) is 0 Å². The quantitative estimate of drug-likeness (QED) is 0.481. The van der Waals surface area contributed by atoms with Crippen LogP contribution in [0.4, 0.5) is 5.69 Å². The van der Waals surface area contributed by atoms with Gasteiger partial charge in [-0.15, -0.1) is 0 Å². The number of anilines is 1. The molecule has 1 atom stereocenters. The van der Waals surface area contributed by atoms with Gasteiger partial charge in [-0.1, -0.05) is 23.7 Å². The van der Waals surface area contributed by atoms with E-state index in [2.05, 4.69) is 0 Å². The smallest absolute Gasteiger partial charge is 0.307 e. The van der Waals surface area contributed by atoms with Crippen LogP contribution in [0, 0.1) is 13.8 Å². The van der Waals surface area contributed by atoms with Crippen LogP contribution in [0.5, 0.6) is 0 Å². The SMILES string of the molecule is CC(C)(C)O.Cc1c(-c2ccc(Cl)cc2)c(CC(=O)O)c(C)c2c1-c1cn(C)c(=O)cc1CN2S(C)=O. The summed E-state index contributed by atoms with van der Waals surface area (Å²) in [6, 6.07) is 8.89. The van der Waals surface area contributed by atoms with Crippen molar-refractivity contribution in [3.05, 3.63) is 74.2 Å². The van der Waals surface area contributed by atoms with E-state index in [0.717, 1.165) is 44.6 Å². The summed E-state index contributed by atoms with van der Waals surface area (Å²) in [6.45, 7) is 9.37. The molecule has 2 N–H and O–H groups in total. The van der Waals surface area contributed by atoms with Gasteiger partial charge in [0.25, 0.3) is 5.56 Å². The van der Waals surface area contributed by atoms with Crippen molar-refractivity contribution in [2.45, 2.75) is 53.2 Å². The molecule has 198 valence electrons. The first kappa shape index (κ1) is 28.6. The molecule has 4 rings (SSSR count). The van der Waals surface area contributed by atoms with Crippen LogP contribution in [0.1, 0.15) is 43.0 Å². The molecule has 0 bridgehead atoms.